The second-order valence-electron chi connectivity index (χ2n) is 9.61. The summed E-state index contributed by atoms with van der Waals surface area (Å²) in [4.78, 5) is 25.2. The number of rotatable bonds is 6. The summed E-state index contributed by atoms with van der Waals surface area (Å²) >= 11 is 9.52. The number of hydrogen-bond donors (Lipinski definition) is 1. The van der Waals surface area contributed by atoms with Crippen molar-refractivity contribution >= 4 is 45.6 Å². The van der Waals surface area contributed by atoms with Crippen molar-refractivity contribution in [3.05, 3.63) is 98.5 Å². The van der Waals surface area contributed by atoms with Crippen LogP contribution in [0.2, 0.25) is 5.02 Å². The topological polar surface area (TPSA) is 67.8 Å². The van der Waals surface area contributed by atoms with Crippen LogP contribution in [0, 0.1) is 5.92 Å². The molecule has 180 valence electrons. The molecule has 1 saturated carbocycles. The molecule has 0 aromatic heterocycles. The Morgan fingerprint density at radius 2 is 1.80 bits per heavy atom. The normalized spacial score (nSPS) is 17.3. The molecule has 7 heteroatoms. The zero-order chi connectivity index (χ0) is 25.2. The van der Waals surface area contributed by atoms with E-state index in [0.29, 0.717) is 16.3 Å². The zero-order valence-electron chi connectivity index (χ0n) is 19.7. The number of halogens is 2. The first-order valence-electron chi connectivity index (χ1n) is 11.3. The Labute approximate surface area is 218 Å². The van der Waals surface area contributed by atoms with Gasteiger partial charge in [0, 0.05) is 16.0 Å². The monoisotopic (exact) mass is 552 g/mol. The maximum atomic E-state index is 12.6. The number of hydrazone groups is 1. The van der Waals surface area contributed by atoms with Crippen LogP contribution in [0.5, 0.6) is 5.75 Å². The molecule has 1 aliphatic rings. The van der Waals surface area contributed by atoms with Crippen LogP contribution in [-0.4, -0.2) is 18.1 Å². The van der Waals surface area contributed by atoms with Gasteiger partial charge in [0.05, 0.1) is 16.8 Å². The van der Waals surface area contributed by atoms with E-state index in [9.17, 15) is 9.59 Å². The summed E-state index contributed by atoms with van der Waals surface area (Å²) in [6, 6.07) is 20.3. The van der Waals surface area contributed by atoms with Crippen molar-refractivity contribution in [3.8, 4) is 5.75 Å². The molecule has 35 heavy (non-hydrogen) atoms. The minimum Gasteiger partial charge on any atom is -0.422 e. The Morgan fingerprint density at radius 1 is 1.09 bits per heavy atom. The molecule has 0 radical (unpaired) electrons. The Morgan fingerprint density at radius 3 is 2.49 bits per heavy atom. The molecule has 1 amide bonds. The minimum absolute atomic E-state index is 0.0978. The lowest BCUT2D eigenvalue weighted by Gasteiger charge is -2.19. The highest BCUT2D eigenvalue weighted by atomic mass is 79.9. The molecule has 2 atom stereocenters. The highest BCUT2D eigenvalue weighted by molar-refractivity contribution is 9.10. The molecular formula is C28H26BrClN2O3. The van der Waals surface area contributed by atoms with Gasteiger partial charge in [0.15, 0.2) is 0 Å². The third-order valence-electron chi connectivity index (χ3n) is 5.98. The first kappa shape index (κ1) is 25.1. The second kappa shape index (κ2) is 10.3. The van der Waals surface area contributed by atoms with Gasteiger partial charge in [-0.1, -0.05) is 84.7 Å². The Balaban J connectivity index is 1.39. The summed E-state index contributed by atoms with van der Waals surface area (Å²) in [5, 5.41) is 4.42. The quantitative estimate of drug-likeness (QED) is 0.157. The predicted molar refractivity (Wildman–Crippen MR) is 142 cm³/mol. The van der Waals surface area contributed by atoms with E-state index in [0.717, 1.165) is 10.9 Å². The van der Waals surface area contributed by atoms with Gasteiger partial charge in [0.1, 0.15) is 5.75 Å². The SMILES string of the molecule is CC(C)(C)c1ccc([C@@H]2C[C@H]2C(=O)NN=Cc2cc(Br)ccc2OC(=O)c2ccccc2Cl)cc1. The average molecular weight is 554 g/mol. The fourth-order valence-corrected chi connectivity index (χ4v) is 4.42. The van der Waals surface area contributed by atoms with Gasteiger partial charge in [-0.3, -0.25) is 4.79 Å². The van der Waals surface area contributed by atoms with Crippen molar-refractivity contribution in [2.75, 3.05) is 0 Å². The number of nitrogens with one attached hydrogen (secondary N) is 1. The molecule has 0 aliphatic heterocycles. The first-order chi connectivity index (χ1) is 16.6. The summed E-state index contributed by atoms with van der Waals surface area (Å²) in [7, 11) is 0. The van der Waals surface area contributed by atoms with E-state index in [1.54, 1.807) is 42.5 Å². The molecule has 4 rings (SSSR count). The Kier molecular flexibility index (Phi) is 7.43. The van der Waals surface area contributed by atoms with Crippen molar-refractivity contribution in [1.29, 1.82) is 0 Å². The molecule has 3 aromatic rings. The fourth-order valence-electron chi connectivity index (χ4n) is 3.83. The predicted octanol–water partition coefficient (Wildman–Crippen LogP) is 6.87. The van der Waals surface area contributed by atoms with Crippen LogP contribution >= 0.6 is 27.5 Å². The summed E-state index contributed by atoms with van der Waals surface area (Å²) < 4.78 is 6.33. The van der Waals surface area contributed by atoms with Gasteiger partial charge in [-0.2, -0.15) is 5.10 Å². The third kappa shape index (κ3) is 6.19. The van der Waals surface area contributed by atoms with E-state index in [1.165, 1.54) is 17.3 Å². The highest BCUT2D eigenvalue weighted by Gasteiger charge is 2.44. The zero-order valence-corrected chi connectivity index (χ0v) is 22.1. The molecule has 0 heterocycles. The van der Waals surface area contributed by atoms with Gasteiger partial charge in [0.25, 0.3) is 0 Å². The molecular weight excluding hydrogens is 528 g/mol. The van der Waals surface area contributed by atoms with Crippen molar-refractivity contribution in [3.63, 3.8) is 0 Å². The van der Waals surface area contributed by atoms with E-state index >= 15 is 0 Å². The van der Waals surface area contributed by atoms with Gasteiger partial charge < -0.3 is 4.74 Å². The lowest BCUT2D eigenvalue weighted by Crippen LogP contribution is -2.20. The van der Waals surface area contributed by atoms with Crippen LogP contribution < -0.4 is 10.2 Å². The van der Waals surface area contributed by atoms with Gasteiger partial charge in [0.2, 0.25) is 5.91 Å². The molecule has 5 nitrogen and oxygen atoms in total. The molecule has 1 N–H and O–H groups in total. The number of ether oxygens (including phenoxy) is 1. The van der Waals surface area contributed by atoms with E-state index in [1.807, 2.05) is 0 Å². The molecule has 3 aromatic carbocycles. The first-order valence-corrected chi connectivity index (χ1v) is 12.5. The van der Waals surface area contributed by atoms with Crippen LogP contribution in [0.3, 0.4) is 0 Å². The molecule has 0 saturated heterocycles. The summed E-state index contributed by atoms with van der Waals surface area (Å²) in [5.74, 6) is -0.296. The van der Waals surface area contributed by atoms with Crippen LogP contribution in [0.15, 0.2) is 76.3 Å². The van der Waals surface area contributed by atoms with Crippen molar-refractivity contribution in [2.45, 2.75) is 38.5 Å². The van der Waals surface area contributed by atoms with Crippen molar-refractivity contribution in [1.82, 2.24) is 5.43 Å². The number of nitrogens with zero attached hydrogens (tertiary/aromatic N) is 1. The third-order valence-corrected chi connectivity index (χ3v) is 6.80. The van der Waals surface area contributed by atoms with E-state index in [4.69, 9.17) is 16.3 Å². The highest BCUT2D eigenvalue weighted by Crippen LogP contribution is 2.47. The molecule has 1 aliphatic carbocycles. The lowest BCUT2D eigenvalue weighted by atomic mass is 9.86. The number of carbonyl (C=O) groups is 2. The van der Waals surface area contributed by atoms with Crippen LogP contribution in [-0.2, 0) is 10.2 Å². The maximum Gasteiger partial charge on any atom is 0.345 e. The van der Waals surface area contributed by atoms with Gasteiger partial charge in [-0.15, -0.1) is 0 Å². The Hall–Kier alpha value is -2.96. The largest absolute Gasteiger partial charge is 0.422 e. The van der Waals surface area contributed by atoms with Crippen LogP contribution in [0.25, 0.3) is 0 Å². The van der Waals surface area contributed by atoms with Gasteiger partial charge in [-0.05, 0) is 59.2 Å². The molecule has 0 unspecified atom stereocenters. The summed E-state index contributed by atoms with van der Waals surface area (Å²) in [5.41, 5.74) is 5.96. The minimum atomic E-state index is -0.574. The van der Waals surface area contributed by atoms with Crippen molar-refractivity contribution in [2.24, 2.45) is 11.0 Å². The summed E-state index contributed by atoms with van der Waals surface area (Å²) in [6.45, 7) is 6.55. The van der Waals surface area contributed by atoms with E-state index < -0.39 is 5.97 Å². The second-order valence-corrected chi connectivity index (χ2v) is 10.9. The smallest absolute Gasteiger partial charge is 0.345 e. The molecule has 0 spiro atoms. The van der Waals surface area contributed by atoms with Crippen LogP contribution in [0.1, 0.15) is 60.2 Å². The standard InChI is InChI=1S/C28H26BrClN2O3/c1-28(2,3)19-10-8-17(9-11-19)22-15-23(22)26(33)32-31-16-18-14-20(29)12-13-25(18)35-27(34)21-6-4-5-7-24(21)30/h4-14,16,22-23H,15H2,1-3H3,(H,32,33)/t22-,23+/m0/s1. The molecule has 0 bridgehead atoms. The number of benzene rings is 3. The van der Waals surface area contributed by atoms with Gasteiger partial charge >= 0.3 is 5.97 Å². The summed E-state index contributed by atoms with van der Waals surface area (Å²) in [6.07, 6.45) is 2.27. The van der Waals surface area contributed by atoms with E-state index in [-0.39, 0.29) is 28.7 Å². The fraction of sp³-hybridized carbons (Fsp3) is 0.250. The number of hydrogen-bond acceptors (Lipinski definition) is 4. The number of carbonyl (C=O) groups excluding carboxylic acids is 2. The van der Waals surface area contributed by atoms with E-state index in [2.05, 4.69) is 71.5 Å². The lowest BCUT2D eigenvalue weighted by molar-refractivity contribution is -0.122. The number of esters is 1. The molecule has 1 fully saturated rings. The van der Waals surface area contributed by atoms with Crippen molar-refractivity contribution < 1.29 is 14.3 Å². The van der Waals surface area contributed by atoms with Gasteiger partial charge in [-0.25, -0.2) is 10.2 Å². The number of amides is 1. The maximum absolute atomic E-state index is 12.6. The Bertz CT molecular complexity index is 1280. The average Bonchev–Trinajstić information content (AvgIpc) is 3.61. The van der Waals surface area contributed by atoms with Crippen LogP contribution in [0.4, 0.5) is 0 Å².